The van der Waals surface area contributed by atoms with Crippen molar-refractivity contribution in [2.75, 3.05) is 12.8 Å². The highest BCUT2D eigenvalue weighted by Gasteiger charge is 2.17. The van der Waals surface area contributed by atoms with Gasteiger partial charge in [-0.1, -0.05) is 0 Å². The van der Waals surface area contributed by atoms with Gasteiger partial charge in [-0.05, 0) is 53.7 Å². The van der Waals surface area contributed by atoms with Gasteiger partial charge in [-0.15, -0.1) is 11.3 Å². The summed E-state index contributed by atoms with van der Waals surface area (Å²) >= 11 is 5.18. The zero-order valence-corrected chi connectivity index (χ0v) is 12.1. The maximum atomic E-state index is 5.95. The van der Waals surface area contributed by atoms with Crippen LogP contribution in [0.5, 0.6) is 0 Å². The first-order valence-corrected chi connectivity index (χ1v) is 6.87. The number of nitrogens with two attached hydrogens (primary N) is 1. The number of rotatable bonds is 3. The van der Waals surface area contributed by atoms with Gasteiger partial charge in [0.15, 0.2) is 0 Å². The van der Waals surface area contributed by atoms with Crippen molar-refractivity contribution in [1.29, 1.82) is 0 Å². The molecule has 0 saturated heterocycles. The smallest absolute Gasteiger partial charge is 0.128 e. The molecular weight excluding hydrogens is 298 g/mol. The van der Waals surface area contributed by atoms with E-state index in [-0.39, 0.29) is 6.04 Å². The summed E-state index contributed by atoms with van der Waals surface area (Å²) in [5, 5.41) is 3.29. The van der Waals surface area contributed by atoms with Crippen molar-refractivity contribution < 1.29 is 0 Å². The molecule has 0 spiro atoms. The summed E-state index contributed by atoms with van der Waals surface area (Å²) in [6.45, 7) is 2.02. The van der Waals surface area contributed by atoms with Crippen molar-refractivity contribution in [2.24, 2.45) is 0 Å². The topological polar surface area (TPSA) is 50.9 Å². The number of nitrogen functional groups attached to an aromatic ring is 1. The van der Waals surface area contributed by atoms with Crippen molar-refractivity contribution in [2.45, 2.75) is 13.0 Å². The summed E-state index contributed by atoms with van der Waals surface area (Å²) in [6.07, 6.45) is 1.79. The Balaban J connectivity index is 2.45. The Morgan fingerprint density at radius 2 is 2.24 bits per heavy atom. The Bertz CT molecular complexity index is 524. The van der Waals surface area contributed by atoms with E-state index in [0.29, 0.717) is 5.82 Å². The third kappa shape index (κ3) is 2.68. The Morgan fingerprint density at radius 1 is 1.47 bits per heavy atom. The van der Waals surface area contributed by atoms with Crippen molar-refractivity contribution in [3.8, 4) is 0 Å². The Morgan fingerprint density at radius 3 is 2.82 bits per heavy atom. The van der Waals surface area contributed by atoms with E-state index >= 15 is 0 Å². The third-order valence-electron chi connectivity index (χ3n) is 2.56. The van der Waals surface area contributed by atoms with Gasteiger partial charge in [0.05, 0.1) is 9.83 Å². The molecule has 5 heteroatoms. The number of aryl methyl sites for hydroxylation is 1. The average molecular weight is 312 g/mol. The first-order chi connectivity index (χ1) is 8.11. The fourth-order valence-corrected chi connectivity index (χ4v) is 3.32. The molecule has 1 atom stereocenters. The number of hydrogen-bond acceptors (Lipinski definition) is 4. The summed E-state index contributed by atoms with van der Waals surface area (Å²) in [4.78, 5) is 5.43. The summed E-state index contributed by atoms with van der Waals surface area (Å²) in [6, 6.07) is 6.32. The fourth-order valence-electron chi connectivity index (χ4n) is 1.77. The van der Waals surface area contributed by atoms with Crippen LogP contribution in [0.2, 0.25) is 0 Å². The molecule has 17 heavy (non-hydrogen) atoms. The lowest BCUT2D eigenvalue weighted by atomic mass is 10.0. The number of halogens is 1. The predicted octanol–water partition coefficient (Wildman–Crippen LogP) is 3.11. The first kappa shape index (κ1) is 12.5. The van der Waals surface area contributed by atoms with Crippen LogP contribution in [-0.2, 0) is 0 Å². The maximum Gasteiger partial charge on any atom is 0.128 e. The van der Waals surface area contributed by atoms with E-state index in [4.69, 9.17) is 5.73 Å². The van der Waals surface area contributed by atoms with Crippen LogP contribution in [0.4, 0.5) is 5.82 Å². The number of thiophene rings is 1. The van der Waals surface area contributed by atoms with Crippen LogP contribution in [0.1, 0.15) is 22.0 Å². The maximum absolute atomic E-state index is 5.95. The molecule has 2 aromatic heterocycles. The predicted molar refractivity (Wildman–Crippen MR) is 76.3 cm³/mol. The van der Waals surface area contributed by atoms with Crippen molar-refractivity contribution >= 4 is 33.1 Å². The van der Waals surface area contributed by atoms with E-state index in [2.05, 4.69) is 38.4 Å². The monoisotopic (exact) mass is 311 g/mol. The van der Waals surface area contributed by atoms with E-state index in [1.165, 1.54) is 4.88 Å². The van der Waals surface area contributed by atoms with Crippen molar-refractivity contribution in [3.05, 3.63) is 44.2 Å². The number of nitrogens with one attached hydrogen (secondary N) is 1. The molecule has 3 N–H and O–H groups in total. The second kappa shape index (κ2) is 5.16. The third-order valence-corrected chi connectivity index (χ3v) is 4.25. The van der Waals surface area contributed by atoms with Crippen LogP contribution in [0.15, 0.2) is 28.2 Å². The van der Waals surface area contributed by atoms with Crippen LogP contribution in [0.3, 0.4) is 0 Å². The minimum absolute atomic E-state index is 0.0960. The molecule has 2 heterocycles. The quantitative estimate of drug-likeness (QED) is 0.915. The summed E-state index contributed by atoms with van der Waals surface area (Å²) in [7, 11) is 1.93. The number of hydrogen-bond donors (Lipinski definition) is 2. The average Bonchev–Trinajstić information content (AvgIpc) is 2.71. The van der Waals surface area contributed by atoms with Gasteiger partial charge in [0.1, 0.15) is 5.82 Å². The van der Waals surface area contributed by atoms with Gasteiger partial charge in [-0.25, -0.2) is 4.98 Å². The molecule has 2 rings (SSSR count). The van der Waals surface area contributed by atoms with Crippen LogP contribution in [-0.4, -0.2) is 12.0 Å². The zero-order valence-electron chi connectivity index (χ0n) is 9.70. The molecule has 0 saturated carbocycles. The van der Waals surface area contributed by atoms with Gasteiger partial charge in [0.2, 0.25) is 0 Å². The number of anilines is 1. The molecule has 1 unspecified atom stereocenters. The first-order valence-electron chi connectivity index (χ1n) is 5.26. The molecule has 0 bridgehead atoms. The number of nitrogens with zero attached hydrogens (tertiary/aromatic N) is 1. The van der Waals surface area contributed by atoms with Crippen LogP contribution >= 0.6 is 27.3 Å². The van der Waals surface area contributed by atoms with Gasteiger partial charge in [0, 0.05) is 16.6 Å². The number of pyridine rings is 1. The molecular formula is C12H14BrN3S. The molecule has 0 radical (unpaired) electrons. The van der Waals surface area contributed by atoms with Gasteiger partial charge >= 0.3 is 0 Å². The Labute approximate surface area is 113 Å². The van der Waals surface area contributed by atoms with Crippen LogP contribution in [0, 0.1) is 6.92 Å². The Hall–Kier alpha value is -0.910. The van der Waals surface area contributed by atoms with Crippen LogP contribution < -0.4 is 11.1 Å². The second-order valence-corrected chi connectivity index (χ2v) is 6.35. The van der Waals surface area contributed by atoms with E-state index in [0.717, 1.165) is 14.9 Å². The molecule has 0 aliphatic rings. The second-order valence-electron chi connectivity index (χ2n) is 3.85. The molecule has 0 fully saturated rings. The molecule has 90 valence electrons. The Kier molecular flexibility index (Phi) is 3.81. The molecule has 0 aliphatic heterocycles. The number of aromatic nitrogens is 1. The van der Waals surface area contributed by atoms with Crippen LogP contribution in [0.25, 0.3) is 0 Å². The molecule has 3 nitrogen and oxygen atoms in total. The van der Waals surface area contributed by atoms with Gasteiger partial charge in [0.25, 0.3) is 0 Å². The van der Waals surface area contributed by atoms with Gasteiger partial charge < -0.3 is 11.1 Å². The molecule has 2 aromatic rings. The summed E-state index contributed by atoms with van der Waals surface area (Å²) in [5.74, 6) is 0.583. The van der Waals surface area contributed by atoms with E-state index < -0.39 is 0 Å². The fraction of sp³-hybridized carbons (Fsp3) is 0.250. The lowest BCUT2D eigenvalue weighted by Gasteiger charge is -2.17. The molecule has 0 amide bonds. The van der Waals surface area contributed by atoms with Crippen molar-refractivity contribution in [1.82, 2.24) is 10.3 Å². The van der Waals surface area contributed by atoms with E-state index in [1.807, 2.05) is 20.0 Å². The van der Waals surface area contributed by atoms with Gasteiger partial charge in [-0.2, -0.15) is 0 Å². The normalized spacial score (nSPS) is 12.6. The largest absolute Gasteiger partial charge is 0.383 e. The van der Waals surface area contributed by atoms with E-state index in [1.54, 1.807) is 17.5 Å². The van der Waals surface area contributed by atoms with E-state index in [9.17, 15) is 0 Å². The molecule has 0 aliphatic carbocycles. The lowest BCUT2D eigenvalue weighted by Crippen LogP contribution is -2.18. The van der Waals surface area contributed by atoms with Gasteiger partial charge in [-0.3, -0.25) is 0 Å². The summed E-state index contributed by atoms with van der Waals surface area (Å²) < 4.78 is 1.12. The summed E-state index contributed by atoms with van der Waals surface area (Å²) in [5.41, 5.74) is 8.10. The highest BCUT2D eigenvalue weighted by molar-refractivity contribution is 9.11. The molecule has 0 aromatic carbocycles. The van der Waals surface area contributed by atoms with Crippen molar-refractivity contribution in [3.63, 3.8) is 0 Å². The highest BCUT2D eigenvalue weighted by atomic mass is 79.9. The minimum Gasteiger partial charge on any atom is -0.383 e. The lowest BCUT2D eigenvalue weighted by molar-refractivity contribution is 0.702. The SMILES string of the molecule is CNC(c1ccc(Br)s1)c1cc(C)cnc1N. The zero-order chi connectivity index (χ0) is 12.4. The standard InChI is InChI=1S/C12H14BrN3S/c1-7-5-8(12(14)16-6-7)11(15-2)9-3-4-10(13)17-9/h3-6,11,15H,1-2H3,(H2,14,16). The highest BCUT2D eigenvalue weighted by Crippen LogP contribution is 2.32. The minimum atomic E-state index is 0.0960.